The second kappa shape index (κ2) is 8.63. The molecule has 1 aliphatic carbocycles. The number of thioether (sulfide) groups is 1. The molecule has 0 radical (unpaired) electrons. The molecule has 1 amide bonds. The van der Waals surface area contributed by atoms with E-state index in [0.717, 1.165) is 31.2 Å². The fraction of sp³-hybridized carbons (Fsp3) is 0.421. The van der Waals surface area contributed by atoms with E-state index in [-0.39, 0.29) is 30.9 Å². The maximum Gasteiger partial charge on any atom is 0.307 e. The number of amides is 1. The molecular formula is C19H21NO3S2. The van der Waals surface area contributed by atoms with Crippen LogP contribution in [0.15, 0.2) is 35.2 Å². The molecule has 0 bridgehead atoms. The summed E-state index contributed by atoms with van der Waals surface area (Å²) in [5.41, 5.74) is 0.958. The van der Waals surface area contributed by atoms with Gasteiger partial charge in [-0.2, -0.15) is 0 Å². The number of hydrogen-bond donors (Lipinski definition) is 0. The van der Waals surface area contributed by atoms with Crippen molar-refractivity contribution in [3.05, 3.63) is 40.8 Å². The van der Waals surface area contributed by atoms with Gasteiger partial charge < -0.3 is 4.74 Å². The minimum atomic E-state index is -0.243. The van der Waals surface area contributed by atoms with Crippen molar-refractivity contribution in [2.75, 3.05) is 6.54 Å². The molecule has 2 fully saturated rings. The van der Waals surface area contributed by atoms with Gasteiger partial charge in [0.1, 0.15) is 10.4 Å². The normalized spacial score (nSPS) is 20.3. The summed E-state index contributed by atoms with van der Waals surface area (Å²) < 4.78 is 6.00. The third-order valence-corrected chi connectivity index (χ3v) is 5.74. The Morgan fingerprint density at radius 1 is 1.24 bits per heavy atom. The Morgan fingerprint density at radius 3 is 2.68 bits per heavy atom. The molecule has 1 aromatic carbocycles. The molecular weight excluding hydrogens is 354 g/mol. The van der Waals surface area contributed by atoms with E-state index in [1.54, 1.807) is 0 Å². The van der Waals surface area contributed by atoms with Gasteiger partial charge in [0, 0.05) is 6.54 Å². The van der Waals surface area contributed by atoms with Gasteiger partial charge in [0.15, 0.2) is 0 Å². The van der Waals surface area contributed by atoms with E-state index in [4.69, 9.17) is 17.0 Å². The summed E-state index contributed by atoms with van der Waals surface area (Å²) in [6.07, 6.45) is 7.43. The van der Waals surface area contributed by atoms with E-state index in [1.165, 1.54) is 23.1 Å². The number of carbonyl (C=O) groups is 2. The van der Waals surface area contributed by atoms with Crippen LogP contribution in [0.2, 0.25) is 0 Å². The summed E-state index contributed by atoms with van der Waals surface area (Å²) in [6.45, 7) is 0.280. The summed E-state index contributed by atoms with van der Waals surface area (Å²) in [7, 11) is 0. The maximum atomic E-state index is 12.5. The summed E-state index contributed by atoms with van der Waals surface area (Å²) in [4.78, 5) is 26.6. The number of hydrogen-bond acceptors (Lipinski definition) is 5. The molecule has 132 valence electrons. The van der Waals surface area contributed by atoms with Gasteiger partial charge in [-0.05, 0) is 37.3 Å². The van der Waals surface area contributed by atoms with Crippen molar-refractivity contribution in [3.8, 4) is 0 Å². The molecule has 0 atom stereocenters. The molecule has 1 saturated heterocycles. The lowest BCUT2D eigenvalue weighted by atomic mass is 9.98. The van der Waals surface area contributed by atoms with Crippen LogP contribution in [0.5, 0.6) is 0 Å². The fourth-order valence-corrected chi connectivity index (χ4v) is 4.33. The van der Waals surface area contributed by atoms with E-state index in [1.807, 2.05) is 36.4 Å². The van der Waals surface area contributed by atoms with Crippen LogP contribution in [0.1, 0.15) is 44.1 Å². The Labute approximate surface area is 157 Å². The molecule has 0 N–H and O–H groups in total. The zero-order valence-corrected chi connectivity index (χ0v) is 15.6. The van der Waals surface area contributed by atoms with Gasteiger partial charge in [-0.1, -0.05) is 60.7 Å². The number of benzene rings is 1. The van der Waals surface area contributed by atoms with Gasteiger partial charge >= 0.3 is 5.97 Å². The molecule has 0 aromatic heterocycles. The van der Waals surface area contributed by atoms with Gasteiger partial charge in [0.05, 0.1) is 11.3 Å². The lowest BCUT2D eigenvalue weighted by molar-refractivity contribution is -0.150. The number of carbonyl (C=O) groups excluding carboxylic acids is 2. The number of thiocarbonyl (C=S) groups is 1. The van der Waals surface area contributed by atoms with E-state index < -0.39 is 0 Å². The highest BCUT2D eigenvalue weighted by atomic mass is 32.2. The largest absolute Gasteiger partial charge is 0.462 e. The van der Waals surface area contributed by atoms with Crippen molar-refractivity contribution in [3.63, 3.8) is 0 Å². The first-order valence-corrected chi connectivity index (χ1v) is 9.86. The Balaban J connectivity index is 1.54. The van der Waals surface area contributed by atoms with Crippen molar-refractivity contribution in [1.29, 1.82) is 0 Å². The second-order valence-corrected chi connectivity index (χ2v) is 7.92. The summed E-state index contributed by atoms with van der Waals surface area (Å²) in [5.74, 6) is -0.377. The number of nitrogens with zero attached hydrogens (tertiary/aromatic N) is 1. The minimum absolute atomic E-state index is 0.0467. The Bertz CT molecular complexity index is 681. The molecule has 1 saturated carbocycles. The van der Waals surface area contributed by atoms with Crippen molar-refractivity contribution in [2.45, 2.75) is 44.6 Å². The highest BCUT2D eigenvalue weighted by molar-refractivity contribution is 8.26. The Morgan fingerprint density at radius 2 is 1.96 bits per heavy atom. The van der Waals surface area contributed by atoms with Crippen LogP contribution in [-0.2, 0) is 14.3 Å². The van der Waals surface area contributed by atoms with Crippen molar-refractivity contribution in [2.24, 2.45) is 0 Å². The van der Waals surface area contributed by atoms with Gasteiger partial charge in [-0.15, -0.1) is 0 Å². The fourth-order valence-electron chi connectivity index (χ4n) is 3.02. The molecule has 2 aliphatic rings. The van der Waals surface area contributed by atoms with E-state index in [0.29, 0.717) is 9.23 Å². The van der Waals surface area contributed by atoms with E-state index >= 15 is 0 Å². The molecule has 3 rings (SSSR count). The number of ether oxygens (including phenoxy) is 1. The smallest absolute Gasteiger partial charge is 0.307 e. The van der Waals surface area contributed by atoms with Crippen LogP contribution >= 0.6 is 24.0 Å². The van der Waals surface area contributed by atoms with Gasteiger partial charge in [-0.25, -0.2) is 0 Å². The number of rotatable bonds is 5. The van der Waals surface area contributed by atoms with Crippen LogP contribution < -0.4 is 0 Å². The molecule has 25 heavy (non-hydrogen) atoms. The Hall–Kier alpha value is -1.66. The van der Waals surface area contributed by atoms with E-state index in [2.05, 4.69) is 0 Å². The van der Waals surface area contributed by atoms with Crippen LogP contribution in [0, 0.1) is 0 Å². The van der Waals surface area contributed by atoms with Crippen LogP contribution in [0.4, 0.5) is 0 Å². The highest BCUT2D eigenvalue weighted by Crippen LogP contribution is 2.32. The van der Waals surface area contributed by atoms with E-state index in [9.17, 15) is 9.59 Å². The lowest BCUT2D eigenvalue weighted by Gasteiger charge is -2.22. The minimum Gasteiger partial charge on any atom is -0.462 e. The molecule has 4 nitrogen and oxygen atoms in total. The molecule has 0 spiro atoms. The van der Waals surface area contributed by atoms with Gasteiger partial charge in [0.2, 0.25) is 0 Å². The zero-order valence-electron chi connectivity index (χ0n) is 14.0. The molecule has 1 aliphatic heterocycles. The first-order chi connectivity index (χ1) is 12.1. The lowest BCUT2D eigenvalue weighted by Crippen LogP contribution is -2.31. The monoisotopic (exact) mass is 375 g/mol. The van der Waals surface area contributed by atoms with Crippen molar-refractivity contribution >= 4 is 46.3 Å². The quantitative estimate of drug-likeness (QED) is 0.439. The van der Waals surface area contributed by atoms with Crippen LogP contribution in [0.3, 0.4) is 0 Å². The SMILES string of the molecule is O=C(CCN1C(=O)/C(=C\c2ccccc2)SC1=S)OC1CCCCC1. The standard InChI is InChI=1S/C19H21NO3S2/c21-17(23-15-9-5-2-6-10-15)11-12-20-18(22)16(25-19(20)24)13-14-7-3-1-4-8-14/h1,3-4,7-8,13,15H,2,5-6,9-12H2/b16-13+. The molecule has 0 unspecified atom stereocenters. The molecule has 6 heteroatoms. The predicted octanol–water partition coefficient (Wildman–Crippen LogP) is 4.15. The molecule has 1 aromatic rings. The Kier molecular flexibility index (Phi) is 6.26. The molecule has 1 heterocycles. The van der Waals surface area contributed by atoms with Crippen molar-refractivity contribution < 1.29 is 14.3 Å². The average molecular weight is 376 g/mol. The van der Waals surface area contributed by atoms with Crippen molar-refractivity contribution in [1.82, 2.24) is 4.90 Å². The first kappa shape index (κ1) is 18.1. The summed E-state index contributed by atoms with van der Waals surface area (Å²) in [5, 5.41) is 0. The predicted molar refractivity (Wildman–Crippen MR) is 104 cm³/mol. The van der Waals surface area contributed by atoms with Crippen LogP contribution in [0.25, 0.3) is 6.08 Å². The highest BCUT2D eigenvalue weighted by Gasteiger charge is 2.32. The van der Waals surface area contributed by atoms with Gasteiger partial charge in [0.25, 0.3) is 5.91 Å². The number of esters is 1. The first-order valence-electron chi connectivity index (χ1n) is 8.63. The summed E-state index contributed by atoms with van der Waals surface area (Å²) >= 11 is 6.58. The summed E-state index contributed by atoms with van der Waals surface area (Å²) in [6, 6.07) is 9.66. The van der Waals surface area contributed by atoms with Gasteiger partial charge in [-0.3, -0.25) is 14.5 Å². The topological polar surface area (TPSA) is 46.6 Å². The third-order valence-electron chi connectivity index (χ3n) is 4.36. The average Bonchev–Trinajstić information content (AvgIpc) is 2.88. The maximum absolute atomic E-state index is 12.5. The second-order valence-electron chi connectivity index (χ2n) is 6.24. The third kappa shape index (κ3) is 4.92. The van der Waals surface area contributed by atoms with Crippen LogP contribution in [-0.4, -0.2) is 33.7 Å². The zero-order chi connectivity index (χ0) is 17.6.